The number of fused-ring (bicyclic) bond motifs is 4. The standard InChI is InChI=1S/C13H15BrN4O3/c1-17-12(20)16-10-9-6(4-13(10,17)21)5-18-7(11(19)15-9)2-3-8(18)14/h2-3,6,9-10,21H,4-5H2,1H3,(H,15,19)(H,16,20)/t6-,9+,10-,13-/m0/s1. The molecule has 7 nitrogen and oxygen atoms in total. The van der Waals surface area contributed by atoms with Gasteiger partial charge in [0.2, 0.25) is 0 Å². The minimum Gasteiger partial charge on any atom is -0.369 e. The molecule has 2 aliphatic heterocycles. The lowest BCUT2D eigenvalue weighted by Crippen LogP contribution is -2.54. The number of hydrogen-bond donors (Lipinski definition) is 3. The predicted octanol–water partition coefficient (Wildman–Crippen LogP) is 0.0947. The average molecular weight is 355 g/mol. The van der Waals surface area contributed by atoms with Crippen LogP contribution in [0.2, 0.25) is 0 Å². The minimum atomic E-state index is -1.24. The molecule has 1 aromatic heterocycles. The van der Waals surface area contributed by atoms with E-state index in [0.29, 0.717) is 18.7 Å². The zero-order valence-electron chi connectivity index (χ0n) is 11.3. The summed E-state index contributed by atoms with van der Waals surface area (Å²) < 4.78 is 2.75. The summed E-state index contributed by atoms with van der Waals surface area (Å²) in [6, 6.07) is 2.55. The molecule has 0 radical (unpaired) electrons. The van der Waals surface area contributed by atoms with Gasteiger partial charge in [-0.3, -0.25) is 9.69 Å². The zero-order valence-corrected chi connectivity index (χ0v) is 12.9. The van der Waals surface area contributed by atoms with Gasteiger partial charge in [-0.25, -0.2) is 4.79 Å². The Morgan fingerprint density at radius 1 is 1.38 bits per heavy atom. The molecule has 1 saturated heterocycles. The van der Waals surface area contributed by atoms with Crippen LogP contribution in [0.3, 0.4) is 0 Å². The van der Waals surface area contributed by atoms with Crippen LogP contribution in [0.5, 0.6) is 0 Å². The Morgan fingerprint density at radius 2 is 2.14 bits per heavy atom. The van der Waals surface area contributed by atoms with Gasteiger partial charge in [-0.2, -0.15) is 0 Å². The van der Waals surface area contributed by atoms with Gasteiger partial charge in [-0.05, 0) is 28.1 Å². The van der Waals surface area contributed by atoms with Crippen LogP contribution in [0, 0.1) is 5.92 Å². The van der Waals surface area contributed by atoms with Crippen molar-refractivity contribution in [2.24, 2.45) is 5.92 Å². The van der Waals surface area contributed by atoms with E-state index in [2.05, 4.69) is 26.6 Å². The molecule has 3 heterocycles. The zero-order chi connectivity index (χ0) is 14.9. The van der Waals surface area contributed by atoms with E-state index in [0.717, 1.165) is 4.60 Å². The van der Waals surface area contributed by atoms with Crippen molar-refractivity contribution in [3.8, 4) is 0 Å². The van der Waals surface area contributed by atoms with E-state index in [9.17, 15) is 14.7 Å². The van der Waals surface area contributed by atoms with E-state index < -0.39 is 11.8 Å². The Balaban J connectivity index is 1.74. The van der Waals surface area contributed by atoms with Gasteiger partial charge in [0.25, 0.3) is 5.91 Å². The molecule has 21 heavy (non-hydrogen) atoms. The van der Waals surface area contributed by atoms with E-state index >= 15 is 0 Å². The number of aliphatic hydroxyl groups is 1. The van der Waals surface area contributed by atoms with Crippen LogP contribution in [-0.2, 0) is 6.54 Å². The molecule has 1 saturated carbocycles. The fourth-order valence-electron chi connectivity index (χ4n) is 3.82. The number of rotatable bonds is 0. The molecule has 112 valence electrons. The molecule has 0 spiro atoms. The molecule has 0 bridgehead atoms. The molecule has 2 fully saturated rings. The molecule has 1 aliphatic carbocycles. The summed E-state index contributed by atoms with van der Waals surface area (Å²) in [4.78, 5) is 25.5. The summed E-state index contributed by atoms with van der Waals surface area (Å²) in [7, 11) is 1.58. The second-order valence-corrected chi connectivity index (χ2v) is 6.79. The highest BCUT2D eigenvalue weighted by Crippen LogP contribution is 2.42. The van der Waals surface area contributed by atoms with Gasteiger partial charge in [-0.15, -0.1) is 0 Å². The first kappa shape index (κ1) is 13.1. The van der Waals surface area contributed by atoms with Crippen molar-refractivity contribution < 1.29 is 14.7 Å². The second kappa shape index (κ2) is 4.01. The predicted molar refractivity (Wildman–Crippen MR) is 76.5 cm³/mol. The van der Waals surface area contributed by atoms with Gasteiger partial charge in [0, 0.05) is 25.9 Å². The summed E-state index contributed by atoms with van der Waals surface area (Å²) >= 11 is 3.45. The van der Waals surface area contributed by atoms with Crippen LogP contribution in [0.25, 0.3) is 0 Å². The number of urea groups is 1. The monoisotopic (exact) mass is 354 g/mol. The molecule has 0 aromatic carbocycles. The van der Waals surface area contributed by atoms with Gasteiger partial charge >= 0.3 is 6.03 Å². The van der Waals surface area contributed by atoms with Crippen LogP contribution in [0.15, 0.2) is 16.7 Å². The maximum atomic E-state index is 12.4. The van der Waals surface area contributed by atoms with Crippen LogP contribution >= 0.6 is 15.9 Å². The van der Waals surface area contributed by atoms with E-state index in [1.807, 2.05) is 10.6 Å². The molecular formula is C13H15BrN4O3. The van der Waals surface area contributed by atoms with Crippen molar-refractivity contribution in [1.82, 2.24) is 20.1 Å². The number of carbonyl (C=O) groups excluding carboxylic acids is 2. The Hall–Kier alpha value is -1.54. The maximum Gasteiger partial charge on any atom is 0.319 e. The highest BCUT2D eigenvalue weighted by molar-refractivity contribution is 9.10. The first-order valence-electron chi connectivity index (χ1n) is 6.84. The molecule has 8 heteroatoms. The number of amides is 3. The molecule has 3 amide bonds. The summed E-state index contributed by atoms with van der Waals surface area (Å²) in [6.07, 6.45) is 0.432. The Morgan fingerprint density at radius 3 is 2.90 bits per heavy atom. The smallest absolute Gasteiger partial charge is 0.319 e. The van der Waals surface area contributed by atoms with Crippen LogP contribution in [0.4, 0.5) is 4.79 Å². The number of hydrogen-bond acceptors (Lipinski definition) is 3. The highest BCUT2D eigenvalue weighted by Gasteiger charge is 2.62. The van der Waals surface area contributed by atoms with Crippen molar-refractivity contribution >= 4 is 27.9 Å². The first-order chi connectivity index (χ1) is 9.91. The number of halogens is 1. The van der Waals surface area contributed by atoms with Crippen molar-refractivity contribution in [3.63, 3.8) is 0 Å². The fourth-order valence-corrected chi connectivity index (χ4v) is 4.29. The lowest BCUT2D eigenvalue weighted by atomic mass is 10.0. The average Bonchev–Trinajstić information content (AvgIpc) is 2.95. The van der Waals surface area contributed by atoms with Crippen molar-refractivity contribution in [2.75, 3.05) is 7.05 Å². The third kappa shape index (κ3) is 1.57. The lowest BCUT2D eigenvalue weighted by molar-refractivity contribution is -0.0572. The Bertz CT molecular complexity index is 660. The van der Waals surface area contributed by atoms with Gasteiger partial charge < -0.3 is 20.3 Å². The summed E-state index contributed by atoms with van der Waals surface area (Å²) in [5.41, 5.74) is -0.644. The molecule has 4 rings (SSSR count). The molecule has 1 aromatic rings. The molecule has 4 atom stereocenters. The number of nitrogens with one attached hydrogen (secondary N) is 2. The summed E-state index contributed by atoms with van der Waals surface area (Å²) in [5.74, 6) is -0.127. The molecule has 0 unspecified atom stereocenters. The van der Waals surface area contributed by atoms with Gasteiger partial charge in [0.05, 0.1) is 16.7 Å². The first-order valence-corrected chi connectivity index (χ1v) is 7.64. The number of carbonyl (C=O) groups is 2. The number of likely N-dealkylation sites (N-methyl/N-ethyl adjacent to an activating group) is 1. The minimum absolute atomic E-state index is 0.0527. The topological polar surface area (TPSA) is 86.6 Å². The van der Waals surface area contributed by atoms with Gasteiger partial charge in [0.15, 0.2) is 5.72 Å². The quantitative estimate of drug-likeness (QED) is 0.617. The van der Waals surface area contributed by atoms with E-state index in [4.69, 9.17) is 0 Å². The highest BCUT2D eigenvalue weighted by atomic mass is 79.9. The van der Waals surface area contributed by atoms with Crippen molar-refractivity contribution in [1.29, 1.82) is 0 Å². The maximum absolute atomic E-state index is 12.4. The largest absolute Gasteiger partial charge is 0.369 e. The lowest BCUT2D eigenvalue weighted by Gasteiger charge is -2.29. The third-order valence-corrected chi connectivity index (χ3v) is 5.66. The SMILES string of the molecule is CN1C(=O)N[C@H]2[C@@H]3NC(=O)c4ccc(Br)n4C[C@@H]3C[C@]21O. The molecule has 3 aliphatic rings. The summed E-state index contributed by atoms with van der Waals surface area (Å²) in [6.45, 7) is 0.620. The fraction of sp³-hybridized carbons (Fsp3) is 0.538. The van der Waals surface area contributed by atoms with Gasteiger partial charge in [0.1, 0.15) is 5.69 Å². The number of nitrogens with zero attached hydrogens (tertiary/aromatic N) is 2. The summed E-state index contributed by atoms with van der Waals surface area (Å²) in [5, 5.41) is 16.6. The van der Waals surface area contributed by atoms with Crippen LogP contribution < -0.4 is 10.6 Å². The van der Waals surface area contributed by atoms with E-state index in [-0.39, 0.29) is 23.9 Å². The van der Waals surface area contributed by atoms with Crippen LogP contribution in [0.1, 0.15) is 16.9 Å². The van der Waals surface area contributed by atoms with E-state index in [1.165, 1.54) is 4.90 Å². The van der Waals surface area contributed by atoms with E-state index in [1.54, 1.807) is 13.1 Å². The van der Waals surface area contributed by atoms with Crippen molar-refractivity contribution in [2.45, 2.75) is 30.8 Å². The normalized spacial score (nSPS) is 37.5. The van der Waals surface area contributed by atoms with Crippen LogP contribution in [-0.4, -0.2) is 51.4 Å². The molecular weight excluding hydrogens is 340 g/mol. The third-order valence-electron chi connectivity index (χ3n) is 4.97. The Labute approximate surface area is 129 Å². The van der Waals surface area contributed by atoms with Crippen molar-refractivity contribution in [3.05, 3.63) is 22.4 Å². The van der Waals surface area contributed by atoms with Gasteiger partial charge in [-0.1, -0.05) is 0 Å². The number of aromatic nitrogens is 1. The molecule has 3 N–H and O–H groups in total. The Kier molecular flexibility index (Phi) is 2.51. The second-order valence-electron chi connectivity index (χ2n) is 5.98.